The summed E-state index contributed by atoms with van der Waals surface area (Å²) in [6.07, 6.45) is -2.54. The number of anilines is 2. The van der Waals surface area contributed by atoms with Crippen LogP contribution >= 0.6 is 11.8 Å². The normalized spacial score (nSPS) is 16.3. The van der Waals surface area contributed by atoms with Crippen molar-refractivity contribution in [1.82, 2.24) is 4.90 Å². The summed E-state index contributed by atoms with van der Waals surface area (Å²) < 4.78 is 39.4. The molecule has 0 aromatic heterocycles. The predicted octanol–water partition coefficient (Wildman–Crippen LogP) is 7.66. The molecule has 0 unspecified atom stereocenters. The summed E-state index contributed by atoms with van der Waals surface area (Å²) in [7, 11) is 0. The zero-order valence-electron chi connectivity index (χ0n) is 24.1. The highest BCUT2D eigenvalue weighted by atomic mass is 32.2. The van der Waals surface area contributed by atoms with Gasteiger partial charge in [0.15, 0.2) is 0 Å². The number of carbonyl (C=O) groups excluding carboxylic acids is 2. The van der Waals surface area contributed by atoms with E-state index in [0.717, 1.165) is 39.4 Å². The van der Waals surface area contributed by atoms with Gasteiger partial charge in [0.05, 0.1) is 22.7 Å². The van der Waals surface area contributed by atoms with E-state index in [-0.39, 0.29) is 11.8 Å². The van der Waals surface area contributed by atoms with E-state index in [1.54, 1.807) is 23.1 Å². The Morgan fingerprint density at radius 1 is 0.864 bits per heavy atom. The van der Waals surface area contributed by atoms with Gasteiger partial charge in [0.25, 0.3) is 11.8 Å². The molecule has 2 aliphatic heterocycles. The Hall–Kier alpha value is -4.50. The summed E-state index contributed by atoms with van der Waals surface area (Å²) in [5.41, 5.74) is 4.24. The van der Waals surface area contributed by atoms with Crippen LogP contribution in [0.5, 0.6) is 0 Å². The van der Waals surface area contributed by atoms with E-state index in [4.69, 9.17) is 0 Å². The van der Waals surface area contributed by atoms with Crippen LogP contribution in [0.2, 0.25) is 0 Å². The molecular formula is C35H30F3N3O2S. The van der Waals surface area contributed by atoms with Crippen LogP contribution in [0.3, 0.4) is 0 Å². The monoisotopic (exact) mass is 613 g/mol. The number of fused-ring (bicyclic) bond motifs is 1. The van der Waals surface area contributed by atoms with Crippen LogP contribution in [-0.2, 0) is 17.5 Å². The summed E-state index contributed by atoms with van der Waals surface area (Å²) in [5.74, 6) is -0.204. The van der Waals surface area contributed by atoms with Crippen LogP contribution in [-0.4, -0.2) is 42.9 Å². The van der Waals surface area contributed by atoms with Crippen molar-refractivity contribution in [2.24, 2.45) is 0 Å². The molecule has 0 saturated carbocycles. The Morgan fingerprint density at radius 3 is 2.30 bits per heavy atom. The minimum Gasteiger partial charge on any atom is -0.368 e. The summed E-state index contributed by atoms with van der Waals surface area (Å²) in [4.78, 5) is 34.0. The Kier molecular flexibility index (Phi) is 8.23. The van der Waals surface area contributed by atoms with Crippen molar-refractivity contribution in [1.29, 1.82) is 0 Å². The highest BCUT2D eigenvalue weighted by Gasteiger charge is 2.32. The Bertz CT molecular complexity index is 1730. The largest absolute Gasteiger partial charge is 0.416 e. The maximum atomic E-state index is 13.7. The second-order valence-corrected chi connectivity index (χ2v) is 11.9. The lowest BCUT2D eigenvalue weighted by Gasteiger charge is -2.36. The quantitative estimate of drug-likeness (QED) is 0.217. The molecule has 6 rings (SSSR count). The lowest BCUT2D eigenvalue weighted by Crippen LogP contribution is -2.48. The number of thioether (sulfide) groups is 1. The minimum atomic E-state index is -4.40. The third-order valence-electron chi connectivity index (χ3n) is 7.98. The van der Waals surface area contributed by atoms with Gasteiger partial charge in [0.2, 0.25) is 0 Å². The smallest absolute Gasteiger partial charge is 0.368 e. The van der Waals surface area contributed by atoms with Gasteiger partial charge >= 0.3 is 6.18 Å². The van der Waals surface area contributed by atoms with Gasteiger partial charge in [-0.15, -0.1) is 0 Å². The standard InChI is InChI=1S/C35H30F3N3O2S/c1-24-7-2-3-8-27(24)23-41-30-11-4-5-12-31(30)44-32(34(41)43)21-25-13-15-26(16-14-25)33(42)40-19-17-39(18-20-40)29-10-6-9-28(22-29)35(36,37)38/h2-16,21-22H,17-20,23H2,1H3/b32-21+. The molecule has 4 aromatic rings. The molecule has 2 amide bonds. The molecule has 0 N–H and O–H groups in total. The van der Waals surface area contributed by atoms with Gasteiger partial charge in [0, 0.05) is 42.3 Å². The van der Waals surface area contributed by atoms with Crippen molar-refractivity contribution < 1.29 is 22.8 Å². The van der Waals surface area contributed by atoms with Gasteiger partial charge in [-0.3, -0.25) is 9.59 Å². The molecule has 9 heteroatoms. The minimum absolute atomic E-state index is 0.0734. The van der Waals surface area contributed by atoms with E-state index in [0.29, 0.717) is 48.9 Å². The maximum absolute atomic E-state index is 13.7. The van der Waals surface area contributed by atoms with Crippen LogP contribution in [0.15, 0.2) is 107 Å². The number of rotatable bonds is 5. The molecular weight excluding hydrogens is 583 g/mol. The van der Waals surface area contributed by atoms with E-state index in [2.05, 4.69) is 0 Å². The molecule has 44 heavy (non-hydrogen) atoms. The van der Waals surface area contributed by atoms with Crippen LogP contribution < -0.4 is 9.80 Å². The second kappa shape index (κ2) is 12.2. The van der Waals surface area contributed by atoms with Crippen LogP contribution in [0.25, 0.3) is 6.08 Å². The first-order chi connectivity index (χ1) is 21.2. The first-order valence-corrected chi connectivity index (χ1v) is 15.2. The summed E-state index contributed by atoms with van der Waals surface area (Å²) in [5, 5.41) is 0. The van der Waals surface area contributed by atoms with Crippen LogP contribution in [0.1, 0.15) is 32.6 Å². The van der Waals surface area contributed by atoms with E-state index < -0.39 is 11.7 Å². The molecule has 2 heterocycles. The van der Waals surface area contributed by atoms with Gasteiger partial charge in [0.1, 0.15) is 0 Å². The first kappa shape index (κ1) is 29.6. The number of carbonyl (C=O) groups is 2. The Labute approximate surface area is 258 Å². The van der Waals surface area contributed by atoms with E-state index in [9.17, 15) is 22.8 Å². The van der Waals surface area contributed by atoms with E-state index in [1.165, 1.54) is 17.8 Å². The Morgan fingerprint density at radius 2 is 1.57 bits per heavy atom. The summed E-state index contributed by atoms with van der Waals surface area (Å²) in [6, 6.07) is 28.4. The third kappa shape index (κ3) is 6.24. The van der Waals surface area contributed by atoms with Gasteiger partial charge in [-0.2, -0.15) is 13.2 Å². The molecule has 1 saturated heterocycles. The molecule has 224 valence electrons. The number of amides is 2. The highest BCUT2D eigenvalue weighted by Crippen LogP contribution is 2.43. The molecule has 0 atom stereocenters. The average Bonchev–Trinajstić information content (AvgIpc) is 3.03. The summed E-state index contributed by atoms with van der Waals surface area (Å²) >= 11 is 1.44. The predicted molar refractivity (Wildman–Crippen MR) is 169 cm³/mol. The lowest BCUT2D eigenvalue weighted by atomic mass is 10.1. The van der Waals surface area contributed by atoms with Crippen molar-refractivity contribution in [3.05, 3.63) is 130 Å². The molecule has 0 aliphatic carbocycles. The zero-order chi connectivity index (χ0) is 30.8. The fourth-order valence-electron chi connectivity index (χ4n) is 5.48. The topological polar surface area (TPSA) is 43.9 Å². The van der Waals surface area contributed by atoms with Gasteiger partial charge in [-0.25, -0.2) is 0 Å². The van der Waals surface area contributed by atoms with Crippen molar-refractivity contribution in [2.45, 2.75) is 24.5 Å². The molecule has 5 nitrogen and oxygen atoms in total. The first-order valence-electron chi connectivity index (χ1n) is 14.3. The fraction of sp³-hybridized carbons (Fsp3) is 0.200. The van der Waals surface area contributed by atoms with Gasteiger partial charge in [-0.05, 0) is 72.2 Å². The second-order valence-electron chi connectivity index (χ2n) is 10.8. The zero-order valence-corrected chi connectivity index (χ0v) is 24.9. The number of piperazine rings is 1. The lowest BCUT2D eigenvalue weighted by molar-refractivity contribution is -0.137. The SMILES string of the molecule is Cc1ccccc1CN1C(=O)/C(=C\c2ccc(C(=O)N3CCN(c4cccc(C(F)(F)F)c4)CC3)cc2)Sc2ccccc21. The molecule has 4 aromatic carbocycles. The highest BCUT2D eigenvalue weighted by molar-refractivity contribution is 8.04. The number of hydrogen-bond donors (Lipinski definition) is 0. The van der Waals surface area contributed by atoms with Crippen molar-refractivity contribution >= 4 is 41.0 Å². The van der Waals surface area contributed by atoms with E-state index in [1.807, 2.05) is 83.5 Å². The van der Waals surface area contributed by atoms with Crippen LogP contribution in [0.4, 0.5) is 24.5 Å². The average molecular weight is 614 g/mol. The number of aryl methyl sites for hydroxylation is 1. The number of hydrogen-bond acceptors (Lipinski definition) is 4. The molecule has 1 fully saturated rings. The van der Waals surface area contributed by atoms with Crippen molar-refractivity contribution in [3.8, 4) is 0 Å². The molecule has 0 spiro atoms. The number of alkyl halides is 3. The third-order valence-corrected chi connectivity index (χ3v) is 9.06. The van der Waals surface area contributed by atoms with Crippen molar-refractivity contribution in [2.75, 3.05) is 36.0 Å². The number of halogens is 3. The van der Waals surface area contributed by atoms with Gasteiger partial charge < -0.3 is 14.7 Å². The number of benzene rings is 4. The molecule has 0 radical (unpaired) electrons. The number of nitrogens with zero attached hydrogens (tertiary/aromatic N) is 3. The fourth-order valence-corrected chi connectivity index (χ4v) is 6.54. The maximum Gasteiger partial charge on any atom is 0.416 e. The van der Waals surface area contributed by atoms with E-state index >= 15 is 0 Å². The van der Waals surface area contributed by atoms with Crippen molar-refractivity contribution in [3.63, 3.8) is 0 Å². The molecule has 0 bridgehead atoms. The number of para-hydroxylation sites is 1. The molecule has 2 aliphatic rings. The summed E-state index contributed by atoms with van der Waals surface area (Å²) in [6.45, 7) is 4.20. The van der Waals surface area contributed by atoms with Gasteiger partial charge in [-0.1, -0.05) is 66.4 Å². The Balaban J connectivity index is 1.14. The van der Waals surface area contributed by atoms with Crippen LogP contribution in [0, 0.1) is 6.92 Å².